The van der Waals surface area contributed by atoms with Gasteiger partial charge < -0.3 is 18.6 Å². The summed E-state index contributed by atoms with van der Waals surface area (Å²) in [6, 6.07) is 173. The van der Waals surface area contributed by atoms with Crippen LogP contribution in [0.1, 0.15) is 44.5 Å². The van der Waals surface area contributed by atoms with Crippen LogP contribution in [0.25, 0.3) is 151 Å². The number of rotatable bonds is 14. The van der Waals surface area contributed by atoms with Crippen molar-refractivity contribution in [3.05, 3.63) is 518 Å². The summed E-state index contributed by atoms with van der Waals surface area (Å²) < 4.78 is 17.9. The summed E-state index contributed by atoms with van der Waals surface area (Å²) in [7, 11) is 0. The number of para-hydroxylation sites is 2. The van der Waals surface area contributed by atoms with E-state index in [2.05, 4.69) is 459 Å². The lowest BCUT2D eigenvalue weighted by Gasteiger charge is -2.34. The largest absolute Gasteiger partial charge is 0.456 e. The fourth-order valence-electron chi connectivity index (χ4n) is 21.1. The molecule has 128 heavy (non-hydrogen) atoms. The zero-order chi connectivity index (χ0) is 84.4. The van der Waals surface area contributed by atoms with Gasteiger partial charge in [0.15, 0.2) is 0 Å². The van der Waals surface area contributed by atoms with Gasteiger partial charge in [-0.25, -0.2) is 0 Å². The fourth-order valence-corrected chi connectivity index (χ4v) is 23.3. The molecule has 4 heterocycles. The summed E-state index contributed by atoms with van der Waals surface area (Å²) in [4.78, 5) is 4.91. The number of thiophene rings is 2. The molecule has 0 unspecified atom stereocenters. The number of benzene rings is 20. The molecule has 26 rings (SSSR count). The van der Waals surface area contributed by atoms with Crippen molar-refractivity contribution in [1.82, 2.24) is 0 Å². The highest BCUT2D eigenvalue weighted by atomic mass is 32.1. The van der Waals surface area contributed by atoms with Gasteiger partial charge in [0.25, 0.3) is 0 Å². The zero-order valence-corrected chi connectivity index (χ0v) is 71.2. The van der Waals surface area contributed by atoms with Crippen molar-refractivity contribution in [3.8, 4) is 66.8 Å². The number of nitrogens with zero attached hydrogens (tertiary/aromatic N) is 2. The van der Waals surface area contributed by atoms with Crippen LogP contribution in [0.15, 0.2) is 482 Å². The number of furan rings is 2. The maximum atomic E-state index is 6.32. The number of hydrogen-bond donors (Lipinski definition) is 0. The zero-order valence-electron chi connectivity index (χ0n) is 69.6. The topological polar surface area (TPSA) is 32.8 Å². The minimum Gasteiger partial charge on any atom is -0.456 e. The third-order valence-electron chi connectivity index (χ3n) is 26.8. The van der Waals surface area contributed by atoms with Crippen LogP contribution in [0.5, 0.6) is 0 Å². The molecule has 24 aromatic rings. The molecule has 600 valence electrons. The lowest BCUT2D eigenvalue weighted by atomic mass is 9.68. The van der Waals surface area contributed by atoms with Gasteiger partial charge in [0, 0.05) is 95.8 Å². The smallest absolute Gasteiger partial charge is 0.136 e. The number of fused-ring (bicyclic) bond motifs is 18. The highest BCUT2D eigenvalue weighted by Gasteiger charge is 2.49. The fraction of sp³-hybridized carbons (Fsp3) is 0.0164. The maximum absolute atomic E-state index is 6.32. The van der Waals surface area contributed by atoms with E-state index in [0.717, 1.165) is 100 Å². The molecule has 0 N–H and O–H groups in total. The molecule has 0 atom stereocenters. The second kappa shape index (κ2) is 30.5. The van der Waals surface area contributed by atoms with E-state index in [-0.39, 0.29) is 0 Å². The predicted octanol–water partition coefficient (Wildman–Crippen LogP) is 34.2. The van der Waals surface area contributed by atoms with Crippen molar-refractivity contribution >= 4 is 141 Å². The Kier molecular flexibility index (Phi) is 17.8. The van der Waals surface area contributed by atoms with Gasteiger partial charge in [-0.1, -0.05) is 346 Å². The molecule has 0 saturated carbocycles. The van der Waals surface area contributed by atoms with Crippen molar-refractivity contribution in [2.24, 2.45) is 0 Å². The highest BCUT2D eigenvalue weighted by molar-refractivity contribution is 7.26. The van der Waals surface area contributed by atoms with Gasteiger partial charge in [-0.2, -0.15) is 0 Å². The van der Waals surface area contributed by atoms with Crippen LogP contribution in [0, 0.1) is 0 Å². The van der Waals surface area contributed by atoms with Crippen molar-refractivity contribution in [2.45, 2.75) is 10.8 Å². The summed E-state index contributed by atoms with van der Waals surface area (Å²) in [5.74, 6) is 0. The minimum absolute atomic E-state index is 0.510. The van der Waals surface area contributed by atoms with Crippen LogP contribution in [-0.2, 0) is 10.8 Å². The average Bonchev–Trinajstić information content (AvgIpc) is 1.53. The van der Waals surface area contributed by atoms with E-state index >= 15 is 0 Å². The molecule has 2 aliphatic rings. The van der Waals surface area contributed by atoms with Crippen LogP contribution < -0.4 is 9.80 Å². The Morgan fingerprint density at radius 1 is 0.188 bits per heavy atom. The van der Waals surface area contributed by atoms with E-state index in [0.29, 0.717) is 0 Å². The normalized spacial score (nSPS) is 12.8. The molecule has 4 aromatic heterocycles. The van der Waals surface area contributed by atoms with Gasteiger partial charge in [-0.3, -0.25) is 0 Å². The summed E-state index contributed by atoms with van der Waals surface area (Å²) in [5, 5.41) is 9.80. The van der Waals surface area contributed by atoms with E-state index in [1.165, 1.54) is 129 Å². The van der Waals surface area contributed by atoms with E-state index in [4.69, 9.17) is 8.83 Å². The van der Waals surface area contributed by atoms with E-state index in [1.54, 1.807) is 0 Å². The molecule has 0 fully saturated rings. The molecule has 6 heteroatoms. The van der Waals surface area contributed by atoms with Crippen LogP contribution >= 0.6 is 22.7 Å². The molecule has 0 radical (unpaired) electrons. The highest BCUT2D eigenvalue weighted by Crippen LogP contribution is 2.62. The SMILES string of the molecule is c1ccc(C2(c3ccccc3)c3ccccc3-c3c(N(c4ccc(-c5ccc6c(c5)oc5ccccc56)cc4)c4ccc(-c5ccc6sc7ccccc7c6c5)cc4)cccc32)cc1.c1ccc(C2(c3ccccc3)c3ccccc3-c3c(N(c4ccc(-c5ccc6c(c5)oc5ccccc56)cc4)c4ccc(-c5cccc6sc7ccccc7c56)cc4)cccc32)cc1. The third kappa shape index (κ3) is 11.9. The molecule has 0 spiro atoms. The molecule has 0 saturated heterocycles. The molecular formula is C122H78N2O2S2. The second-order valence-electron chi connectivity index (χ2n) is 33.5. The summed E-state index contributed by atoms with van der Waals surface area (Å²) in [5.41, 5.74) is 33.7. The van der Waals surface area contributed by atoms with Gasteiger partial charge in [0.05, 0.1) is 22.2 Å². The first-order chi connectivity index (χ1) is 63.5. The molecule has 20 aromatic carbocycles. The quantitative estimate of drug-likeness (QED) is 0.109. The first-order valence-electron chi connectivity index (χ1n) is 43.8. The first-order valence-corrected chi connectivity index (χ1v) is 45.4. The molecule has 2 aliphatic carbocycles. The van der Waals surface area contributed by atoms with Crippen molar-refractivity contribution < 1.29 is 8.83 Å². The second-order valence-corrected chi connectivity index (χ2v) is 35.7. The monoisotopic (exact) mass is 1670 g/mol. The molecule has 4 nitrogen and oxygen atoms in total. The Morgan fingerprint density at radius 3 is 0.961 bits per heavy atom. The Hall–Kier alpha value is -16.0. The molecule has 0 aliphatic heterocycles. The number of hydrogen-bond acceptors (Lipinski definition) is 6. The van der Waals surface area contributed by atoms with Gasteiger partial charge in [-0.05, 0) is 228 Å². The van der Waals surface area contributed by atoms with E-state index in [1.807, 2.05) is 46.9 Å². The molecular weight excluding hydrogens is 1590 g/mol. The van der Waals surface area contributed by atoms with Gasteiger partial charge in [-0.15, -0.1) is 22.7 Å². The van der Waals surface area contributed by atoms with Crippen LogP contribution in [0.2, 0.25) is 0 Å². The van der Waals surface area contributed by atoms with Crippen molar-refractivity contribution in [1.29, 1.82) is 0 Å². The van der Waals surface area contributed by atoms with Crippen molar-refractivity contribution in [3.63, 3.8) is 0 Å². The summed E-state index contributed by atoms with van der Waals surface area (Å²) in [6.45, 7) is 0. The predicted molar refractivity (Wildman–Crippen MR) is 539 cm³/mol. The minimum atomic E-state index is -0.513. The number of anilines is 6. The first kappa shape index (κ1) is 74.6. The van der Waals surface area contributed by atoms with Gasteiger partial charge >= 0.3 is 0 Å². The third-order valence-corrected chi connectivity index (χ3v) is 29.0. The van der Waals surface area contributed by atoms with E-state index in [9.17, 15) is 0 Å². The molecule has 0 bridgehead atoms. The van der Waals surface area contributed by atoms with Crippen LogP contribution in [0.3, 0.4) is 0 Å². The average molecular weight is 1670 g/mol. The van der Waals surface area contributed by atoms with Gasteiger partial charge in [0.1, 0.15) is 22.3 Å². The summed E-state index contributed by atoms with van der Waals surface area (Å²) in [6.07, 6.45) is 0. The maximum Gasteiger partial charge on any atom is 0.136 e. The van der Waals surface area contributed by atoms with Crippen molar-refractivity contribution in [2.75, 3.05) is 9.80 Å². The lowest BCUT2D eigenvalue weighted by Crippen LogP contribution is -2.28. The Bertz CT molecular complexity index is 8340. The Morgan fingerprint density at radius 2 is 0.500 bits per heavy atom. The standard InChI is InChI=1S/2C61H39NOS/c1-3-15-43(16-4-1)61(44-17-5-2-6-18-44)52-23-10-7-20-50(52)60-53(61)24-14-25-54(60)62(45-34-29-40(30-35-45)42-33-38-49-48-19-8-11-26-55(48)63-56(49)39-42)46-36-31-41(32-37-46)47-22-13-28-58-59(47)51-21-9-12-27-57(51)64-58;1-3-14-44(15-4-1)61(45-16-5-2-6-17-45)53-21-10-7-20-51(53)60-54(61)22-13-23-55(60)62(46-32-26-40(27-33-46)42-31-37-59-52(38-42)50-19-9-12-25-58(50)64-59)47-34-28-41(29-35-47)43-30-36-49-48-18-8-11-24-56(48)63-57(49)39-43/h2*1-39H. The van der Waals surface area contributed by atoms with Crippen LogP contribution in [0.4, 0.5) is 34.1 Å². The Balaban J connectivity index is 0.000000139. The molecule has 0 amide bonds. The Labute approximate surface area is 749 Å². The van der Waals surface area contributed by atoms with Gasteiger partial charge in [0.2, 0.25) is 0 Å². The lowest BCUT2D eigenvalue weighted by molar-refractivity contribution is 0.668. The van der Waals surface area contributed by atoms with E-state index < -0.39 is 10.8 Å². The summed E-state index contributed by atoms with van der Waals surface area (Å²) >= 11 is 3.72. The van der Waals surface area contributed by atoms with Crippen LogP contribution in [-0.4, -0.2) is 0 Å².